The van der Waals surface area contributed by atoms with Gasteiger partial charge in [-0.2, -0.15) is 9.97 Å². The number of nitrogens with one attached hydrogen (secondary N) is 2. The summed E-state index contributed by atoms with van der Waals surface area (Å²) in [6.45, 7) is 3.45. The molecular formula is C17H28N4O2S. The summed E-state index contributed by atoms with van der Waals surface area (Å²) in [5.74, 6) is 1.21. The van der Waals surface area contributed by atoms with Gasteiger partial charge in [-0.3, -0.25) is 0 Å². The Labute approximate surface area is 148 Å². The van der Waals surface area contributed by atoms with E-state index in [9.17, 15) is 0 Å². The number of aromatic nitrogens is 2. The van der Waals surface area contributed by atoms with Crippen molar-refractivity contribution in [2.24, 2.45) is 0 Å². The number of hydrogen-bond acceptors (Lipinski definition) is 7. The molecule has 6 nitrogen and oxygen atoms in total. The number of nitrogens with zero attached hydrogens (tertiary/aromatic N) is 2. The summed E-state index contributed by atoms with van der Waals surface area (Å²) in [5, 5.41) is 7.67. The Morgan fingerprint density at radius 1 is 0.958 bits per heavy atom. The summed E-state index contributed by atoms with van der Waals surface area (Å²) in [7, 11) is 0. The number of thioether (sulfide) groups is 1. The second-order valence-electron chi connectivity index (χ2n) is 6.45. The number of ether oxygens (including phenoxy) is 2. The van der Waals surface area contributed by atoms with Crippen LogP contribution in [0, 0.1) is 0 Å². The Hall–Kier alpha value is -1.05. The highest BCUT2D eigenvalue weighted by Gasteiger charge is 2.16. The first-order chi connectivity index (χ1) is 11.8. The molecule has 2 saturated heterocycles. The predicted molar refractivity (Wildman–Crippen MR) is 96.1 cm³/mol. The monoisotopic (exact) mass is 352 g/mol. The van der Waals surface area contributed by atoms with Gasteiger partial charge in [-0.05, 0) is 45.0 Å². The van der Waals surface area contributed by atoms with E-state index in [-0.39, 0.29) is 0 Å². The molecule has 2 atom stereocenters. The molecule has 0 bridgehead atoms. The Kier molecular flexibility index (Phi) is 6.98. The zero-order valence-corrected chi connectivity index (χ0v) is 15.2. The first kappa shape index (κ1) is 17.8. The Morgan fingerprint density at radius 2 is 1.50 bits per heavy atom. The van der Waals surface area contributed by atoms with Crippen molar-refractivity contribution in [2.75, 3.05) is 32.6 Å². The minimum atomic E-state index is 0.419. The van der Waals surface area contributed by atoms with E-state index in [1.54, 1.807) is 0 Å². The molecule has 2 aliphatic heterocycles. The molecule has 24 heavy (non-hydrogen) atoms. The molecule has 134 valence electrons. The van der Waals surface area contributed by atoms with E-state index in [0.29, 0.717) is 42.2 Å². The normalized spacial score (nSPS) is 24.5. The van der Waals surface area contributed by atoms with Crippen molar-refractivity contribution < 1.29 is 9.47 Å². The summed E-state index contributed by atoms with van der Waals surface area (Å²) in [6, 6.07) is 2.65. The van der Waals surface area contributed by atoms with Gasteiger partial charge in [0.1, 0.15) is 13.2 Å². The lowest BCUT2D eigenvalue weighted by molar-refractivity contribution is 0.217. The second-order valence-corrected chi connectivity index (χ2v) is 7.22. The fraction of sp³-hybridized carbons (Fsp3) is 0.765. The van der Waals surface area contributed by atoms with Gasteiger partial charge in [0.25, 0.3) is 0 Å². The summed E-state index contributed by atoms with van der Waals surface area (Å²) in [4.78, 5) is 8.87. The van der Waals surface area contributed by atoms with E-state index in [2.05, 4.69) is 20.6 Å². The summed E-state index contributed by atoms with van der Waals surface area (Å²) in [6.07, 6.45) is 9.34. The van der Waals surface area contributed by atoms with Crippen LogP contribution in [0.5, 0.6) is 11.8 Å². The molecule has 2 N–H and O–H groups in total. The minimum absolute atomic E-state index is 0.419. The van der Waals surface area contributed by atoms with Crippen molar-refractivity contribution in [3.63, 3.8) is 0 Å². The van der Waals surface area contributed by atoms with Crippen LogP contribution in [-0.4, -0.2) is 54.6 Å². The highest BCUT2D eigenvalue weighted by molar-refractivity contribution is 7.98. The Morgan fingerprint density at radius 3 is 1.92 bits per heavy atom. The smallest absolute Gasteiger partial charge is 0.221 e. The molecule has 0 spiro atoms. The lowest BCUT2D eigenvalue weighted by Gasteiger charge is -2.24. The minimum Gasteiger partial charge on any atom is -0.476 e. The van der Waals surface area contributed by atoms with Crippen LogP contribution >= 0.6 is 11.8 Å². The number of rotatable bonds is 7. The maximum atomic E-state index is 5.90. The van der Waals surface area contributed by atoms with Gasteiger partial charge in [0.2, 0.25) is 11.8 Å². The van der Waals surface area contributed by atoms with Crippen molar-refractivity contribution in [2.45, 2.75) is 55.8 Å². The molecule has 0 radical (unpaired) electrons. The van der Waals surface area contributed by atoms with Crippen molar-refractivity contribution in [3.8, 4) is 11.8 Å². The topological polar surface area (TPSA) is 68.3 Å². The van der Waals surface area contributed by atoms with Gasteiger partial charge >= 0.3 is 0 Å². The highest BCUT2D eigenvalue weighted by atomic mass is 32.2. The van der Waals surface area contributed by atoms with Gasteiger partial charge in [0.15, 0.2) is 5.16 Å². The zero-order chi connectivity index (χ0) is 16.6. The zero-order valence-electron chi connectivity index (χ0n) is 14.4. The molecule has 0 saturated carbocycles. The van der Waals surface area contributed by atoms with E-state index >= 15 is 0 Å². The van der Waals surface area contributed by atoms with Crippen molar-refractivity contribution in [1.82, 2.24) is 20.6 Å². The fourth-order valence-electron chi connectivity index (χ4n) is 3.13. The lowest BCUT2D eigenvalue weighted by atomic mass is 10.1. The molecular weight excluding hydrogens is 324 g/mol. The summed E-state index contributed by atoms with van der Waals surface area (Å²) in [5.41, 5.74) is 0. The van der Waals surface area contributed by atoms with Crippen molar-refractivity contribution >= 4 is 11.8 Å². The fourth-order valence-corrected chi connectivity index (χ4v) is 3.49. The molecule has 0 aliphatic carbocycles. The number of piperidine rings is 2. The van der Waals surface area contributed by atoms with Crippen LogP contribution in [0.3, 0.4) is 0 Å². The molecule has 2 aliphatic rings. The number of hydrogen-bond donors (Lipinski definition) is 2. The SMILES string of the molecule is CSc1nc(OC[C@@H]2CCCCN2)cc(OC[C@@H]2CCCCN2)n1. The largest absolute Gasteiger partial charge is 0.476 e. The van der Waals surface area contributed by atoms with Crippen molar-refractivity contribution in [3.05, 3.63) is 6.07 Å². The molecule has 7 heteroatoms. The van der Waals surface area contributed by atoms with Crippen LogP contribution in [0.1, 0.15) is 38.5 Å². The van der Waals surface area contributed by atoms with Gasteiger partial charge in [0, 0.05) is 12.1 Å². The third-order valence-electron chi connectivity index (χ3n) is 4.53. The van der Waals surface area contributed by atoms with Gasteiger partial charge in [-0.25, -0.2) is 0 Å². The van der Waals surface area contributed by atoms with Crippen LogP contribution in [0.4, 0.5) is 0 Å². The van der Waals surface area contributed by atoms with Gasteiger partial charge < -0.3 is 20.1 Å². The summed E-state index contributed by atoms with van der Waals surface area (Å²) < 4.78 is 11.8. The molecule has 3 rings (SSSR count). The Bertz CT molecular complexity index is 465. The first-order valence-electron chi connectivity index (χ1n) is 8.99. The average molecular weight is 353 g/mol. The second kappa shape index (κ2) is 9.44. The van der Waals surface area contributed by atoms with Gasteiger partial charge in [-0.15, -0.1) is 0 Å². The molecule has 0 aromatic carbocycles. The van der Waals surface area contributed by atoms with Crippen LogP contribution in [0.2, 0.25) is 0 Å². The predicted octanol–water partition coefficient (Wildman–Crippen LogP) is 2.24. The van der Waals surface area contributed by atoms with Gasteiger partial charge in [0.05, 0.1) is 6.07 Å². The van der Waals surface area contributed by atoms with E-state index in [1.807, 2.05) is 12.3 Å². The van der Waals surface area contributed by atoms with E-state index in [4.69, 9.17) is 9.47 Å². The van der Waals surface area contributed by atoms with Gasteiger partial charge in [-0.1, -0.05) is 24.6 Å². The quantitative estimate of drug-likeness (QED) is 0.576. The molecule has 1 aromatic rings. The molecule has 2 fully saturated rings. The standard InChI is InChI=1S/C17H28N4O2S/c1-24-17-20-15(22-11-13-6-2-4-8-18-13)10-16(21-17)23-12-14-7-3-5-9-19-14/h10,13-14,18-19H,2-9,11-12H2,1H3/t13-,14-/m0/s1. The molecule has 0 unspecified atom stereocenters. The third-order valence-corrected chi connectivity index (χ3v) is 5.08. The highest BCUT2D eigenvalue weighted by Crippen LogP contribution is 2.21. The van der Waals surface area contributed by atoms with Crippen LogP contribution in [-0.2, 0) is 0 Å². The van der Waals surface area contributed by atoms with Crippen LogP contribution < -0.4 is 20.1 Å². The summed E-state index contributed by atoms with van der Waals surface area (Å²) >= 11 is 1.51. The van der Waals surface area contributed by atoms with E-state index in [1.165, 1.54) is 37.4 Å². The van der Waals surface area contributed by atoms with E-state index < -0.39 is 0 Å². The Balaban J connectivity index is 1.55. The van der Waals surface area contributed by atoms with Crippen molar-refractivity contribution in [1.29, 1.82) is 0 Å². The molecule has 3 heterocycles. The lowest BCUT2D eigenvalue weighted by Crippen LogP contribution is -2.38. The van der Waals surface area contributed by atoms with E-state index in [0.717, 1.165) is 25.9 Å². The molecule has 0 amide bonds. The average Bonchev–Trinajstić information content (AvgIpc) is 2.66. The van der Waals surface area contributed by atoms with Crippen LogP contribution in [0.25, 0.3) is 0 Å². The maximum absolute atomic E-state index is 5.90. The third kappa shape index (κ3) is 5.50. The molecule has 1 aromatic heterocycles. The van der Waals surface area contributed by atoms with Crippen LogP contribution in [0.15, 0.2) is 11.2 Å². The first-order valence-corrected chi connectivity index (χ1v) is 10.2. The maximum Gasteiger partial charge on any atom is 0.221 e.